The van der Waals surface area contributed by atoms with E-state index in [2.05, 4.69) is 10.3 Å². The summed E-state index contributed by atoms with van der Waals surface area (Å²) in [7, 11) is -3.60. The molecule has 0 radical (unpaired) electrons. The van der Waals surface area contributed by atoms with Crippen LogP contribution in [0.15, 0.2) is 86.9 Å². The smallest absolute Gasteiger partial charge is 0.291 e. The summed E-state index contributed by atoms with van der Waals surface area (Å²) < 4.78 is 35.7. The van der Waals surface area contributed by atoms with Gasteiger partial charge in [-0.05, 0) is 30.3 Å². The largest absolute Gasteiger partial charge is 0.459 e. The second-order valence-corrected chi connectivity index (χ2v) is 8.62. The van der Waals surface area contributed by atoms with Gasteiger partial charge in [0.15, 0.2) is 21.5 Å². The molecule has 0 saturated carbocycles. The van der Waals surface area contributed by atoms with E-state index in [0.717, 1.165) is 5.56 Å². The van der Waals surface area contributed by atoms with Crippen molar-refractivity contribution >= 4 is 21.4 Å². The maximum Gasteiger partial charge on any atom is 0.291 e. The number of hydrogen-bond donors (Lipinski definition) is 1. The molecule has 0 aliphatic heterocycles. The number of aryl methyl sites for hydroxylation is 1. The highest BCUT2D eigenvalue weighted by atomic mass is 32.2. The highest BCUT2D eigenvalue weighted by molar-refractivity contribution is 7.90. The van der Waals surface area contributed by atoms with Crippen molar-refractivity contribution in [2.75, 3.05) is 5.32 Å². The lowest BCUT2D eigenvalue weighted by atomic mass is 10.1. The molecule has 7 nitrogen and oxygen atoms in total. The lowest BCUT2D eigenvalue weighted by Gasteiger charge is -2.07. The SMILES string of the molecule is Cc1nc(-c2ccc(NC(=O)c3occc3CS(=O)(=O)c3ccccc3)cc2)co1. The molecule has 2 aromatic heterocycles. The Bertz CT molecular complexity index is 1270. The summed E-state index contributed by atoms with van der Waals surface area (Å²) in [5.41, 5.74) is 2.38. The summed E-state index contributed by atoms with van der Waals surface area (Å²) in [6.07, 6.45) is 2.87. The number of aromatic nitrogens is 1. The Morgan fingerprint density at radius 1 is 1.00 bits per heavy atom. The topological polar surface area (TPSA) is 102 Å². The summed E-state index contributed by atoms with van der Waals surface area (Å²) in [6.45, 7) is 1.76. The van der Waals surface area contributed by atoms with Crippen molar-refractivity contribution in [1.29, 1.82) is 0 Å². The zero-order chi connectivity index (χ0) is 21.1. The van der Waals surface area contributed by atoms with Crippen LogP contribution in [-0.4, -0.2) is 19.3 Å². The van der Waals surface area contributed by atoms with Crippen molar-refractivity contribution in [2.45, 2.75) is 17.6 Å². The van der Waals surface area contributed by atoms with Gasteiger partial charge in [-0.1, -0.05) is 30.3 Å². The minimum Gasteiger partial charge on any atom is -0.459 e. The van der Waals surface area contributed by atoms with Gasteiger partial charge in [0.2, 0.25) is 0 Å². The summed E-state index contributed by atoms with van der Waals surface area (Å²) in [5, 5.41) is 2.72. The maximum absolute atomic E-state index is 12.6. The first-order valence-corrected chi connectivity index (χ1v) is 10.8. The van der Waals surface area contributed by atoms with Crippen LogP contribution in [-0.2, 0) is 15.6 Å². The van der Waals surface area contributed by atoms with Crippen LogP contribution < -0.4 is 5.32 Å². The number of oxazole rings is 1. The van der Waals surface area contributed by atoms with Crippen LogP contribution in [0.2, 0.25) is 0 Å². The molecule has 0 aliphatic rings. The standard InChI is InChI=1S/C22H18N2O5S/c1-15-23-20(13-29-15)16-7-9-18(10-8-16)24-22(25)21-17(11-12-28-21)14-30(26,27)19-5-3-2-4-6-19/h2-13H,14H2,1H3,(H,24,25). The fourth-order valence-corrected chi connectivity index (χ4v) is 4.35. The Morgan fingerprint density at radius 2 is 1.73 bits per heavy atom. The summed E-state index contributed by atoms with van der Waals surface area (Å²) in [6, 6.07) is 16.6. The second-order valence-electron chi connectivity index (χ2n) is 6.63. The van der Waals surface area contributed by atoms with Crippen LogP contribution >= 0.6 is 0 Å². The molecule has 2 aromatic carbocycles. The van der Waals surface area contributed by atoms with Gasteiger partial charge in [-0.2, -0.15) is 0 Å². The number of carbonyl (C=O) groups excluding carboxylic acids is 1. The van der Waals surface area contributed by atoms with Crippen LogP contribution in [0, 0.1) is 6.92 Å². The minimum atomic E-state index is -3.60. The van der Waals surface area contributed by atoms with Gasteiger partial charge in [0.25, 0.3) is 5.91 Å². The summed E-state index contributed by atoms with van der Waals surface area (Å²) in [5.74, 6) is -0.326. The van der Waals surface area contributed by atoms with Gasteiger partial charge in [0.1, 0.15) is 12.0 Å². The summed E-state index contributed by atoms with van der Waals surface area (Å²) >= 11 is 0. The molecule has 0 saturated heterocycles. The molecule has 0 aliphatic carbocycles. The van der Waals surface area contributed by atoms with E-state index in [4.69, 9.17) is 8.83 Å². The first-order valence-electron chi connectivity index (χ1n) is 9.10. The second kappa shape index (κ2) is 8.00. The van der Waals surface area contributed by atoms with Crippen molar-refractivity contribution in [1.82, 2.24) is 4.98 Å². The van der Waals surface area contributed by atoms with E-state index in [1.54, 1.807) is 55.7 Å². The molecule has 4 aromatic rings. The van der Waals surface area contributed by atoms with Crippen molar-refractivity contribution in [3.05, 3.63) is 90.4 Å². The zero-order valence-electron chi connectivity index (χ0n) is 16.0. The third kappa shape index (κ3) is 4.18. The molecule has 152 valence electrons. The molecule has 2 heterocycles. The third-order valence-corrected chi connectivity index (χ3v) is 6.14. The molecule has 0 unspecified atom stereocenters. The molecule has 1 N–H and O–H groups in total. The highest BCUT2D eigenvalue weighted by Crippen LogP contribution is 2.23. The molecule has 0 atom stereocenters. The average molecular weight is 422 g/mol. The Labute approximate surface area is 173 Å². The molecule has 0 bridgehead atoms. The van der Waals surface area contributed by atoms with E-state index < -0.39 is 15.7 Å². The lowest BCUT2D eigenvalue weighted by molar-refractivity contribution is 0.0996. The molecular formula is C22H18N2O5S. The van der Waals surface area contributed by atoms with Crippen LogP contribution in [0.5, 0.6) is 0 Å². The van der Waals surface area contributed by atoms with Crippen LogP contribution in [0.25, 0.3) is 11.3 Å². The Kier molecular flexibility index (Phi) is 5.24. The predicted molar refractivity (Wildman–Crippen MR) is 111 cm³/mol. The van der Waals surface area contributed by atoms with E-state index in [1.165, 1.54) is 24.5 Å². The number of hydrogen-bond acceptors (Lipinski definition) is 6. The van der Waals surface area contributed by atoms with Gasteiger partial charge in [-0.25, -0.2) is 13.4 Å². The molecule has 30 heavy (non-hydrogen) atoms. The van der Waals surface area contributed by atoms with Crippen molar-refractivity contribution in [2.24, 2.45) is 0 Å². The van der Waals surface area contributed by atoms with Crippen LogP contribution in [0.3, 0.4) is 0 Å². The van der Waals surface area contributed by atoms with E-state index >= 15 is 0 Å². The predicted octanol–water partition coefficient (Wildman–Crippen LogP) is 4.47. The fourth-order valence-electron chi connectivity index (χ4n) is 2.97. The van der Waals surface area contributed by atoms with Crippen LogP contribution in [0.1, 0.15) is 22.0 Å². The molecule has 1 amide bonds. The number of nitrogens with one attached hydrogen (secondary N) is 1. The molecule has 8 heteroatoms. The number of sulfone groups is 1. The highest BCUT2D eigenvalue weighted by Gasteiger charge is 2.22. The number of carbonyl (C=O) groups is 1. The lowest BCUT2D eigenvalue weighted by Crippen LogP contribution is -2.14. The first kappa shape index (κ1) is 19.7. The van der Waals surface area contributed by atoms with Crippen molar-refractivity contribution in [3.8, 4) is 11.3 Å². The van der Waals surface area contributed by atoms with Gasteiger partial charge in [0, 0.05) is 23.7 Å². The van der Waals surface area contributed by atoms with Gasteiger partial charge >= 0.3 is 0 Å². The number of nitrogens with zero attached hydrogens (tertiary/aromatic N) is 1. The quantitative estimate of drug-likeness (QED) is 0.492. The van der Waals surface area contributed by atoms with Crippen molar-refractivity contribution < 1.29 is 22.0 Å². The van der Waals surface area contributed by atoms with E-state index in [0.29, 0.717) is 22.8 Å². The fraction of sp³-hybridized carbons (Fsp3) is 0.0909. The Balaban J connectivity index is 1.49. The monoisotopic (exact) mass is 422 g/mol. The van der Waals surface area contributed by atoms with E-state index in [9.17, 15) is 13.2 Å². The number of amides is 1. The first-order chi connectivity index (χ1) is 14.4. The number of benzene rings is 2. The molecule has 4 rings (SSSR count). The average Bonchev–Trinajstić information content (AvgIpc) is 3.38. The number of anilines is 1. The van der Waals surface area contributed by atoms with Crippen molar-refractivity contribution in [3.63, 3.8) is 0 Å². The van der Waals surface area contributed by atoms with Crippen LogP contribution in [0.4, 0.5) is 5.69 Å². The Morgan fingerprint density at radius 3 is 2.40 bits per heavy atom. The Hall–Kier alpha value is -3.65. The number of rotatable bonds is 6. The number of furan rings is 1. The van der Waals surface area contributed by atoms with E-state index in [1.807, 2.05) is 0 Å². The normalized spacial score (nSPS) is 11.4. The summed E-state index contributed by atoms with van der Waals surface area (Å²) in [4.78, 5) is 17.1. The van der Waals surface area contributed by atoms with E-state index in [-0.39, 0.29) is 16.4 Å². The third-order valence-electron chi connectivity index (χ3n) is 4.46. The van der Waals surface area contributed by atoms with Gasteiger partial charge in [0.05, 0.1) is 16.9 Å². The van der Waals surface area contributed by atoms with Gasteiger partial charge in [-0.15, -0.1) is 0 Å². The minimum absolute atomic E-state index is 0.0364. The molecule has 0 spiro atoms. The zero-order valence-corrected chi connectivity index (χ0v) is 16.8. The maximum atomic E-state index is 12.6. The molecular weight excluding hydrogens is 404 g/mol. The molecule has 0 fully saturated rings. The van der Waals surface area contributed by atoms with Gasteiger partial charge in [-0.3, -0.25) is 4.79 Å². The van der Waals surface area contributed by atoms with Gasteiger partial charge < -0.3 is 14.2 Å².